The molecule has 5 rings (SSSR count). The van der Waals surface area contributed by atoms with E-state index in [2.05, 4.69) is 117 Å². The monoisotopic (exact) mass is 666 g/mol. The number of rotatable bonds is 10. The van der Waals surface area contributed by atoms with E-state index in [0.717, 1.165) is 52.5 Å². The van der Waals surface area contributed by atoms with Crippen LogP contribution in [0.5, 0.6) is 0 Å². The van der Waals surface area contributed by atoms with Crippen LogP contribution in [0.25, 0.3) is 28.5 Å². The van der Waals surface area contributed by atoms with Crippen molar-refractivity contribution in [2.24, 2.45) is 10.4 Å². The van der Waals surface area contributed by atoms with E-state index in [-0.39, 0.29) is 5.41 Å². The zero-order chi connectivity index (χ0) is 36.2. The van der Waals surface area contributed by atoms with Crippen molar-refractivity contribution in [1.82, 2.24) is 4.98 Å². The molecule has 51 heavy (non-hydrogen) atoms. The van der Waals surface area contributed by atoms with E-state index in [1.165, 1.54) is 22.3 Å². The van der Waals surface area contributed by atoms with Gasteiger partial charge in [0.15, 0.2) is 0 Å². The maximum atomic E-state index is 9.34. The van der Waals surface area contributed by atoms with Gasteiger partial charge >= 0.3 is 0 Å². The Morgan fingerprint density at radius 1 is 0.961 bits per heavy atom. The van der Waals surface area contributed by atoms with Crippen LogP contribution < -0.4 is 4.90 Å². The fourth-order valence-electron chi connectivity index (χ4n) is 6.16. The van der Waals surface area contributed by atoms with Gasteiger partial charge in [-0.3, -0.25) is 9.89 Å². The molecule has 0 aliphatic carbocycles. The summed E-state index contributed by atoms with van der Waals surface area (Å²) < 4.78 is 0. The van der Waals surface area contributed by atoms with Crippen molar-refractivity contribution in [1.29, 1.82) is 5.26 Å². The van der Waals surface area contributed by atoms with Crippen LogP contribution in [0.4, 0.5) is 5.69 Å². The van der Waals surface area contributed by atoms with Gasteiger partial charge in [0.25, 0.3) is 0 Å². The molecule has 0 radical (unpaired) electrons. The van der Waals surface area contributed by atoms with Crippen molar-refractivity contribution >= 4 is 28.7 Å². The van der Waals surface area contributed by atoms with Gasteiger partial charge in [-0.25, -0.2) is 4.98 Å². The molecule has 2 heterocycles. The summed E-state index contributed by atoms with van der Waals surface area (Å²) in [7, 11) is 1.84. The maximum absolute atomic E-state index is 9.34. The average Bonchev–Trinajstić information content (AvgIpc) is 3.37. The average molecular weight is 667 g/mol. The summed E-state index contributed by atoms with van der Waals surface area (Å²) in [4.78, 5) is 12.0. The molecular formula is C47H46N4. The molecule has 0 N–H and O–H groups in total. The van der Waals surface area contributed by atoms with Crippen LogP contribution >= 0.6 is 0 Å². The SMILES string of the molecule is C=C/C=C(\C(=C/Cc1cccc(C2=CN(c3ccc(/C=C\C=C/C)nc3-c3ccccc3)/C(=N\C)C=CC2)c1)C(C)(C)C)c1ccc(C#N)cc1. The van der Waals surface area contributed by atoms with Gasteiger partial charge in [0, 0.05) is 18.8 Å². The number of amidine groups is 1. The fraction of sp³-hybridized carbons (Fsp3) is 0.170. The number of nitrogens with zero attached hydrogens (tertiary/aromatic N) is 4. The van der Waals surface area contributed by atoms with Crippen molar-refractivity contribution in [3.63, 3.8) is 0 Å². The number of allylic oxidation sites excluding steroid dienone is 10. The van der Waals surface area contributed by atoms with Crippen molar-refractivity contribution in [2.75, 3.05) is 11.9 Å². The van der Waals surface area contributed by atoms with E-state index in [0.29, 0.717) is 5.56 Å². The lowest BCUT2D eigenvalue weighted by Crippen LogP contribution is -2.24. The van der Waals surface area contributed by atoms with Crippen LogP contribution in [0.15, 0.2) is 163 Å². The first-order valence-electron chi connectivity index (χ1n) is 17.4. The molecule has 1 aromatic heterocycles. The third kappa shape index (κ3) is 9.15. The zero-order valence-electron chi connectivity index (χ0n) is 30.3. The highest BCUT2D eigenvalue weighted by Gasteiger charge is 2.22. The highest BCUT2D eigenvalue weighted by Crippen LogP contribution is 2.38. The smallest absolute Gasteiger partial charge is 0.131 e. The molecule has 0 fully saturated rings. The Morgan fingerprint density at radius 2 is 1.73 bits per heavy atom. The molecule has 1 aliphatic heterocycles. The minimum Gasteiger partial charge on any atom is -0.300 e. The van der Waals surface area contributed by atoms with Crippen molar-refractivity contribution in [3.05, 3.63) is 186 Å². The van der Waals surface area contributed by atoms with Crippen LogP contribution in [0, 0.1) is 16.7 Å². The Balaban J connectivity index is 1.54. The fourth-order valence-corrected chi connectivity index (χ4v) is 6.16. The molecule has 1 aliphatic rings. The number of aromatic nitrogens is 1. The predicted octanol–water partition coefficient (Wildman–Crippen LogP) is 11.8. The van der Waals surface area contributed by atoms with Crippen LogP contribution in [0.1, 0.15) is 62.1 Å². The first-order chi connectivity index (χ1) is 24.7. The normalized spacial score (nSPS) is 14.9. The molecular weight excluding hydrogens is 621 g/mol. The van der Waals surface area contributed by atoms with E-state index in [4.69, 9.17) is 9.98 Å². The van der Waals surface area contributed by atoms with Gasteiger partial charge in [-0.05, 0) is 95.0 Å². The van der Waals surface area contributed by atoms with E-state index in [1.54, 1.807) is 0 Å². The van der Waals surface area contributed by atoms with Crippen molar-refractivity contribution in [2.45, 2.75) is 40.5 Å². The van der Waals surface area contributed by atoms with Crippen LogP contribution in [0.2, 0.25) is 0 Å². The molecule has 4 heteroatoms. The molecule has 0 amide bonds. The third-order valence-corrected chi connectivity index (χ3v) is 8.69. The lowest BCUT2D eigenvalue weighted by Gasteiger charge is -2.26. The van der Waals surface area contributed by atoms with E-state index in [1.807, 2.05) is 86.8 Å². The summed E-state index contributed by atoms with van der Waals surface area (Å²) in [6, 6.07) is 33.4. The number of aliphatic imine (C=N–C) groups is 1. The zero-order valence-corrected chi connectivity index (χ0v) is 30.3. The number of pyridine rings is 1. The first-order valence-corrected chi connectivity index (χ1v) is 17.4. The minimum atomic E-state index is -0.117. The molecule has 0 saturated carbocycles. The number of hydrogen-bond donors (Lipinski definition) is 0. The molecule has 4 aromatic rings. The Bertz CT molecular complexity index is 2110. The predicted molar refractivity (Wildman–Crippen MR) is 218 cm³/mol. The molecule has 0 bridgehead atoms. The van der Waals surface area contributed by atoms with Gasteiger partial charge in [0.2, 0.25) is 0 Å². The summed E-state index contributed by atoms with van der Waals surface area (Å²) >= 11 is 0. The second kappa shape index (κ2) is 17.1. The quantitative estimate of drug-likeness (QED) is 0.158. The number of anilines is 1. The highest BCUT2D eigenvalue weighted by molar-refractivity contribution is 6.10. The third-order valence-electron chi connectivity index (χ3n) is 8.69. The molecule has 0 saturated heterocycles. The summed E-state index contributed by atoms with van der Waals surface area (Å²) in [6.07, 6.45) is 22.3. The second-order valence-electron chi connectivity index (χ2n) is 13.3. The summed E-state index contributed by atoms with van der Waals surface area (Å²) in [5.41, 5.74) is 11.3. The van der Waals surface area contributed by atoms with E-state index in [9.17, 15) is 5.26 Å². The Labute approximate surface area is 304 Å². The van der Waals surface area contributed by atoms with Gasteiger partial charge in [-0.15, -0.1) is 0 Å². The van der Waals surface area contributed by atoms with Crippen LogP contribution in [-0.4, -0.2) is 17.9 Å². The lowest BCUT2D eigenvalue weighted by molar-refractivity contribution is 0.519. The van der Waals surface area contributed by atoms with Gasteiger partial charge in [-0.1, -0.05) is 137 Å². The highest BCUT2D eigenvalue weighted by atomic mass is 15.2. The standard InChI is InChI=1S/C47H46N4/c1-7-9-11-22-41-29-31-44(46(50-41)38-18-12-10-13-19-38)51-34-40(21-15-23-45(51)49-6)39-20-14-17-35(32-39)26-30-43(47(3,4)5)42(16-8-2)37-27-24-36(33-48)25-28-37/h7-20,22-25,27-32,34H,2,21,26H2,1,3-6H3/b9-7-,22-11-,42-16-,43-30+,49-45-. The van der Waals surface area contributed by atoms with Gasteiger partial charge in [0.1, 0.15) is 5.84 Å². The van der Waals surface area contributed by atoms with E-state index < -0.39 is 0 Å². The van der Waals surface area contributed by atoms with Gasteiger partial charge < -0.3 is 0 Å². The largest absolute Gasteiger partial charge is 0.300 e. The number of nitriles is 1. The second-order valence-corrected chi connectivity index (χ2v) is 13.3. The minimum absolute atomic E-state index is 0.117. The first kappa shape index (κ1) is 36.2. The summed E-state index contributed by atoms with van der Waals surface area (Å²) in [6.45, 7) is 12.7. The van der Waals surface area contributed by atoms with Gasteiger partial charge in [0.05, 0.1) is 28.7 Å². The summed E-state index contributed by atoms with van der Waals surface area (Å²) in [5, 5.41) is 9.34. The molecule has 0 atom stereocenters. The number of hydrogen-bond acceptors (Lipinski definition) is 3. The van der Waals surface area contributed by atoms with Crippen LogP contribution in [-0.2, 0) is 6.42 Å². The molecule has 0 spiro atoms. The molecule has 4 nitrogen and oxygen atoms in total. The Morgan fingerprint density at radius 3 is 2.41 bits per heavy atom. The Hall–Kier alpha value is -6.05. The lowest BCUT2D eigenvalue weighted by atomic mass is 9.78. The molecule has 254 valence electrons. The number of benzene rings is 3. The van der Waals surface area contributed by atoms with Crippen molar-refractivity contribution < 1.29 is 0 Å². The van der Waals surface area contributed by atoms with Gasteiger partial charge in [-0.2, -0.15) is 5.26 Å². The topological polar surface area (TPSA) is 52.3 Å². The maximum Gasteiger partial charge on any atom is 0.131 e. The summed E-state index contributed by atoms with van der Waals surface area (Å²) in [5.74, 6) is 0.847. The molecule has 3 aromatic carbocycles. The van der Waals surface area contributed by atoms with E-state index >= 15 is 0 Å². The van der Waals surface area contributed by atoms with Crippen molar-refractivity contribution in [3.8, 4) is 17.3 Å². The molecule has 0 unspecified atom stereocenters. The Kier molecular flexibility index (Phi) is 12.1. The van der Waals surface area contributed by atoms with Crippen LogP contribution in [0.3, 0.4) is 0 Å².